The van der Waals surface area contributed by atoms with Crippen LogP contribution in [0.2, 0.25) is 0 Å². The van der Waals surface area contributed by atoms with Crippen LogP contribution >= 0.6 is 0 Å². The molecule has 122 valence electrons. The first-order valence-electron chi connectivity index (χ1n) is 6.99. The minimum atomic E-state index is -0.578. The van der Waals surface area contributed by atoms with Crippen molar-refractivity contribution in [3.05, 3.63) is 10.1 Å². The minimum absolute atomic E-state index is 0.0756. The maximum Gasteiger partial charge on any atom is 0.353 e. The lowest BCUT2D eigenvalue weighted by Gasteiger charge is -2.35. The summed E-state index contributed by atoms with van der Waals surface area (Å²) in [7, 11) is 0. The Morgan fingerprint density at radius 2 is 2.09 bits per heavy atom. The average molecular weight is 312 g/mol. The highest BCUT2D eigenvalue weighted by Gasteiger charge is 2.31. The van der Waals surface area contributed by atoms with E-state index >= 15 is 0 Å². The van der Waals surface area contributed by atoms with Crippen molar-refractivity contribution in [2.75, 3.05) is 42.2 Å². The van der Waals surface area contributed by atoms with Gasteiger partial charge in [0.25, 0.3) is 0 Å². The number of hydrogen-bond donors (Lipinski definition) is 3. The van der Waals surface area contributed by atoms with Gasteiger partial charge in [-0.1, -0.05) is 0 Å². The molecule has 0 amide bonds. The van der Waals surface area contributed by atoms with Crippen molar-refractivity contribution >= 4 is 23.3 Å². The number of rotatable bonds is 5. The van der Waals surface area contributed by atoms with E-state index in [-0.39, 0.29) is 48.6 Å². The lowest BCUT2D eigenvalue weighted by molar-refractivity contribution is -0.383. The zero-order valence-corrected chi connectivity index (χ0v) is 12.5. The van der Waals surface area contributed by atoms with Crippen molar-refractivity contribution in [3.63, 3.8) is 0 Å². The molecule has 0 aromatic carbocycles. The monoisotopic (exact) mass is 312 g/mol. The molecule has 0 spiro atoms. The molecule has 1 aliphatic heterocycles. The molecule has 2 rings (SSSR count). The summed E-state index contributed by atoms with van der Waals surface area (Å²) in [6.45, 7) is 4.85. The van der Waals surface area contributed by atoms with E-state index in [0.717, 1.165) is 0 Å². The van der Waals surface area contributed by atoms with Gasteiger partial charge in [-0.3, -0.25) is 10.1 Å². The molecule has 10 heteroatoms. The van der Waals surface area contributed by atoms with Crippen LogP contribution in [-0.4, -0.2) is 58.4 Å². The van der Waals surface area contributed by atoms with Gasteiger partial charge in [-0.05, 0) is 13.8 Å². The lowest BCUT2D eigenvalue weighted by atomic mass is 10.2. The number of anilines is 3. The van der Waals surface area contributed by atoms with Gasteiger partial charge in [-0.2, -0.15) is 9.97 Å². The molecule has 1 aromatic rings. The number of nitrogens with two attached hydrogens (primary N) is 1. The number of aliphatic hydroxyl groups excluding tert-OH is 1. The molecule has 0 saturated carbocycles. The Morgan fingerprint density at radius 1 is 1.45 bits per heavy atom. The van der Waals surface area contributed by atoms with E-state index < -0.39 is 4.92 Å². The highest BCUT2D eigenvalue weighted by molar-refractivity contribution is 5.71. The second-order valence-electron chi connectivity index (χ2n) is 5.17. The molecule has 2 heterocycles. The third-order valence-electron chi connectivity index (χ3n) is 3.19. The molecule has 4 N–H and O–H groups in total. The molecule has 1 fully saturated rings. The van der Waals surface area contributed by atoms with Crippen molar-refractivity contribution in [2.45, 2.75) is 26.1 Å². The molecular weight excluding hydrogens is 292 g/mol. The Labute approximate surface area is 127 Å². The quantitative estimate of drug-likeness (QED) is 0.505. The average Bonchev–Trinajstić information content (AvgIpc) is 2.42. The molecule has 0 unspecified atom stereocenters. The third-order valence-corrected chi connectivity index (χ3v) is 3.19. The van der Waals surface area contributed by atoms with Crippen LogP contribution in [0.4, 0.5) is 23.3 Å². The van der Waals surface area contributed by atoms with E-state index in [0.29, 0.717) is 13.1 Å². The Kier molecular flexibility index (Phi) is 4.93. The molecule has 1 aliphatic rings. The van der Waals surface area contributed by atoms with E-state index in [2.05, 4.69) is 15.3 Å². The largest absolute Gasteiger partial charge is 0.395 e. The van der Waals surface area contributed by atoms with Gasteiger partial charge in [0, 0.05) is 19.6 Å². The number of hydrogen-bond acceptors (Lipinski definition) is 9. The molecule has 0 radical (unpaired) electrons. The molecule has 22 heavy (non-hydrogen) atoms. The van der Waals surface area contributed by atoms with Crippen LogP contribution in [0.3, 0.4) is 0 Å². The fourth-order valence-electron chi connectivity index (χ4n) is 2.45. The number of aromatic nitrogens is 2. The second kappa shape index (κ2) is 6.71. The van der Waals surface area contributed by atoms with E-state index in [1.165, 1.54) is 0 Å². The predicted molar refractivity (Wildman–Crippen MR) is 80.9 cm³/mol. The van der Waals surface area contributed by atoms with Gasteiger partial charge in [0.2, 0.25) is 17.6 Å². The number of nitro groups is 1. The molecule has 2 atom stereocenters. The van der Waals surface area contributed by atoms with Crippen LogP contribution in [0, 0.1) is 10.1 Å². The first kappa shape index (κ1) is 16.2. The smallest absolute Gasteiger partial charge is 0.353 e. The van der Waals surface area contributed by atoms with Gasteiger partial charge in [0.1, 0.15) is 0 Å². The summed E-state index contributed by atoms with van der Waals surface area (Å²) in [6, 6.07) is 0. The van der Waals surface area contributed by atoms with E-state index in [1.807, 2.05) is 13.8 Å². The van der Waals surface area contributed by atoms with Crippen molar-refractivity contribution in [1.29, 1.82) is 0 Å². The Balaban J connectivity index is 2.41. The van der Waals surface area contributed by atoms with Gasteiger partial charge >= 0.3 is 5.69 Å². The van der Waals surface area contributed by atoms with Crippen LogP contribution in [-0.2, 0) is 4.74 Å². The Bertz CT molecular complexity index is 545. The normalized spacial score (nSPS) is 21.7. The number of morpholine rings is 1. The summed E-state index contributed by atoms with van der Waals surface area (Å²) in [5.41, 5.74) is 5.41. The molecule has 0 bridgehead atoms. The molecule has 0 aliphatic carbocycles. The van der Waals surface area contributed by atoms with Gasteiger partial charge < -0.3 is 25.8 Å². The number of ether oxygens (including phenoxy) is 1. The maximum absolute atomic E-state index is 11.3. The highest BCUT2D eigenvalue weighted by Crippen LogP contribution is 2.33. The topological polar surface area (TPSA) is 140 Å². The fraction of sp³-hybridized carbons (Fsp3) is 0.667. The van der Waals surface area contributed by atoms with Crippen molar-refractivity contribution < 1.29 is 14.8 Å². The number of nitrogen functional groups attached to an aromatic ring is 1. The summed E-state index contributed by atoms with van der Waals surface area (Å²) in [6.07, 6.45) is -0.151. The van der Waals surface area contributed by atoms with Crippen LogP contribution in [0.15, 0.2) is 0 Å². The zero-order chi connectivity index (χ0) is 16.3. The van der Waals surface area contributed by atoms with E-state index in [9.17, 15) is 10.1 Å². The van der Waals surface area contributed by atoms with Crippen molar-refractivity contribution in [2.24, 2.45) is 0 Å². The SMILES string of the molecule is C[C@@H]1CN(c2nc(NCCO)nc(N)c2[N+](=O)[O-])C[C@H](C)O1. The van der Waals surface area contributed by atoms with E-state index in [1.54, 1.807) is 4.90 Å². The van der Waals surface area contributed by atoms with Crippen molar-refractivity contribution in [3.8, 4) is 0 Å². The van der Waals surface area contributed by atoms with Crippen LogP contribution in [0.25, 0.3) is 0 Å². The van der Waals surface area contributed by atoms with E-state index in [4.69, 9.17) is 15.6 Å². The highest BCUT2D eigenvalue weighted by atomic mass is 16.6. The van der Waals surface area contributed by atoms with Gasteiger partial charge in [-0.15, -0.1) is 0 Å². The lowest BCUT2D eigenvalue weighted by Crippen LogP contribution is -2.46. The summed E-state index contributed by atoms with van der Waals surface area (Å²) in [5, 5.41) is 22.9. The maximum atomic E-state index is 11.3. The van der Waals surface area contributed by atoms with Crippen LogP contribution < -0.4 is 16.0 Å². The minimum Gasteiger partial charge on any atom is -0.395 e. The first-order chi connectivity index (χ1) is 10.4. The number of aliphatic hydroxyl groups is 1. The Hall–Kier alpha value is -2.20. The zero-order valence-electron chi connectivity index (χ0n) is 12.5. The number of nitrogens with one attached hydrogen (secondary N) is 1. The molecule has 10 nitrogen and oxygen atoms in total. The Morgan fingerprint density at radius 3 is 2.64 bits per heavy atom. The molecule has 1 saturated heterocycles. The summed E-state index contributed by atoms with van der Waals surface area (Å²) in [5.74, 6) is 0.112. The van der Waals surface area contributed by atoms with Crippen molar-refractivity contribution in [1.82, 2.24) is 9.97 Å². The molecular formula is C12H20N6O4. The fourth-order valence-corrected chi connectivity index (χ4v) is 2.45. The second-order valence-corrected chi connectivity index (χ2v) is 5.17. The standard InChI is InChI=1S/C12H20N6O4/c1-7-5-17(6-8(2)22-7)11-9(18(20)21)10(13)15-12(16-11)14-3-4-19/h7-8,19H,3-6H2,1-2H3,(H3,13,14,15,16)/t7-,8+. The van der Waals surface area contributed by atoms with Gasteiger partial charge in [0.15, 0.2) is 0 Å². The third kappa shape index (κ3) is 3.52. The van der Waals surface area contributed by atoms with Gasteiger partial charge in [0.05, 0.1) is 23.7 Å². The predicted octanol–water partition coefficient (Wildman–Crippen LogP) is -0.0152. The van der Waals surface area contributed by atoms with Gasteiger partial charge in [-0.25, -0.2) is 0 Å². The summed E-state index contributed by atoms with van der Waals surface area (Å²) < 4.78 is 5.63. The number of nitrogens with zero attached hydrogens (tertiary/aromatic N) is 4. The summed E-state index contributed by atoms with van der Waals surface area (Å²) >= 11 is 0. The van der Waals surface area contributed by atoms with Crippen LogP contribution in [0.5, 0.6) is 0 Å². The van der Waals surface area contributed by atoms with Crippen LogP contribution in [0.1, 0.15) is 13.8 Å². The first-order valence-corrected chi connectivity index (χ1v) is 6.99. The summed E-state index contributed by atoms with van der Waals surface area (Å²) in [4.78, 5) is 20.6. The molecule has 1 aromatic heterocycles.